The van der Waals surface area contributed by atoms with Gasteiger partial charge < -0.3 is 10.2 Å². The number of hydrogen-bond acceptors (Lipinski definition) is 4. The van der Waals surface area contributed by atoms with E-state index < -0.39 is 0 Å². The number of anilines is 1. The summed E-state index contributed by atoms with van der Waals surface area (Å²) >= 11 is 0. The molecule has 0 aromatic carbocycles. The Morgan fingerprint density at radius 3 is 2.95 bits per heavy atom. The second-order valence-corrected chi connectivity index (χ2v) is 5.40. The zero-order valence-electron chi connectivity index (χ0n) is 11.4. The van der Waals surface area contributed by atoms with Gasteiger partial charge in [0.05, 0.1) is 0 Å². The minimum Gasteiger partial charge on any atom is -0.353 e. The maximum atomic E-state index is 4.44. The van der Waals surface area contributed by atoms with E-state index in [0.29, 0.717) is 0 Å². The van der Waals surface area contributed by atoms with Gasteiger partial charge in [-0.2, -0.15) is 4.98 Å². The monoisotopic (exact) mass is 259 g/mol. The Kier molecular flexibility index (Phi) is 3.64. The first-order valence-electron chi connectivity index (χ1n) is 7.05. The van der Waals surface area contributed by atoms with Crippen molar-refractivity contribution in [1.29, 1.82) is 0 Å². The fraction of sp³-hybridized carbons (Fsp3) is 0.571. The van der Waals surface area contributed by atoms with Crippen molar-refractivity contribution in [2.75, 3.05) is 32.0 Å². The van der Waals surface area contributed by atoms with Crippen LogP contribution in [0.2, 0.25) is 0 Å². The second kappa shape index (κ2) is 5.57. The molecule has 0 aliphatic carbocycles. The highest BCUT2D eigenvalue weighted by molar-refractivity contribution is 5.42. The molecule has 1 fully saturated rings. The normalized spacial score (nSPS) is 17.9. The van der Waals surface area contributed by atoms with Gasteiger partial charge in [-0.15, -0.1) is 5.10 Å². The van der Waals surface area contributed by atoms with Crippen molar-refractivity contribution in [2.24, 2.45) is 5.92 Å². The smallest absolute Gasteiger partial charge is 0.243 e. The van der Waals surface area contributed by atoms with Crippen LogP contribution in [0, 0.1) is 5.92 Å². The van der Waals surface area contributed by atoms with Gasteiger partial charge in [0.15, 0.2) is 5.65 Å². The number of nitrogens with zero attached hydrogens (tertiary/aromatic N) is 4. The van der Waals surface area contributed by atoms with E-state index >= 15 is 0 Å². The summed E-state index contributed by atoms with van der Waals surface area (Å²) in [7, 11) is 2.20. The van der Waals surface area contributed by atoms with Crippen LogP contribution in [0.15, 0.2) is 24.4 Å². The van der Waals surface area contributed by atoms with Crippen molar-refractivity contribution in [3.05, 3.63) is 24.4 Å². The summed E-state index contributed by atoms with van der Waals surface area (Å²) in [5, 5.41) is 7.73. The van der Waals surface area contributed by atoms with Crippen LogP contribution in [0.1, 0.15) is 19.3 Å². The second-order valence-electron chi connectivity index (χ2n) is 5.40. The number of hydrogen-bond donors (Lipinski definition) is 1. The lowest BCUT2D eigenvalue weighted by atomic mass is 9.94. The topological polar surface area (TPSA) is 45.5 Å². The van der Waals surface area contributed by atoms with Crippen molar-refractivity contribution in [3.8, 4) is 0 Å². The summed E-state index contributed by atoms with van der Waals surface area (Å²) in [6, 6.07) is 5.91. The number of piperidine rings is 1. The quantitative estimate of drug-likeness (QED) is 0.910. The van der Waals surface area contributed by atoms with Gasteiger partial charge in [0.2, 0.25) is 5.95 Å². The first kappa shape index (κ1) is 12.4. The maximum absolute atomic E-state index is 4.44. The molecule has 1 aliphatic heterocycles. The Morgan fingerprint density at radius 1 is 1.32 bits per heavy atom. The first-order chi connectivity index (χ1) is 9.31. The van der Waals surface area contributed by atoms with E-state index in [9.17, 15) is 0 Å². The molecule has 19 heavy (non-hydrogen) atoms. The highest BCUT2D eigenvalue weighted by Crippen LogP contribution is 2.19. The summed E-state index contributed by atoms with van der Waals surface area (Å²) in [5.74, 6) is 1.58. The Labute approximate surface area is 113 Å². The molecule has 102 valence electrons. The van der Waals surface area contributed by atoms with Crippen molar-refractivity contribution >= 4 is 11.6 Å². The molecule has 5 heteroatoms. The Balaban J connectivity index is 1.49. The number of rotatable bonds is 4. The zero-order chi connectivity index (χ0) is 13.1. The molecule has 0 amide bonds. The fourth-order valence-corrected chi connectivity index (χ4v) is 2.65. The molecule has 5 nitrogen and oxygen atoms in total. The largest absolute Gasteiger partial charge is 0.353 e. The van der Waals surface area contributed by atoms with Gasteiger partial charge in [-0.1, -0.05) is 6.07 Å². The number of fused-ring (bicyclic) bond motifs is 1. The van der Waals surface area contributed by atoms with Crippen LogP contribution in [-0.2, 0) is 0 Å². The minimum absolute atomic E-state index is 0.735. The van der Waals surface area contributed by atoms with Crippen LogP contribution in [0.4, 0.5) is 5.95 Å². The van der Waals surface area contributed by atoms with Gasteiger partial charge in [0.1, 0.15) is 0 Å². The first-order valence-corrected chi connectivity index (χ1v) is 7.05. The van der Waals surface area contributed by atoms with Gasteiger partial charge in [0.25, 0.3) is 0 Å². The lowest BCUT2D eigenvalue weighted by Crippen LogP contribution is -2.30. The van der Waals surface area contributed by atoms with Crippen molar-refractivity contribution in [3.63, 3.8) is 0 Å². The highest BCUT2D eigenvalue weighted by Gasteiger charge is 2.16. The third-order valence-electron chi connectivity index (χ3n) is 3.92. The van der Waals surface area contributed by atoms with Crippen LogP contribution in [0.25, 0.3) is 5.65 Å². The van der Waals surface area contributed by atoms with Crippen LogP contribution in [0.3, 0.4) is 0 Å². The molecule has 0 spiro atoms. The standard InChI is InChI=1S/C14H21N5/c1-18-10-6-12(7-11-18)5-8-15-14-16-13-4-2-3-9-19(13)17-14/h2-4,9,12H,5-8,10-11H2,1H3,(H,15,17). The van der Waals surface area contributed by atoms with E-state index in [1.165, 1.54) is 32.4 Å². The number of likely N-dealkylation sites (tertiary alicyclic amines) is 1. The van der Waals surface area contributed by atoms with E-state index in [1.54, 1.807) is 4.52 Å². The summed E-state index contributed by atoms with van der Waals surface area (Å²) in [6.45, 7) is 3.43. The predicted octanol–water partition coefficient (Wildman–Crippen LogP) is 1.87. The minimum atomic E-state index is 0.735. The van der Waals surface area contributed by atoms with E-state index in [4.69, 9.17) is 0 Å². The lowest BCUT2D eigenvalue weighted by molar-refractivity contribution is 0.215. The highest BCUT2D eigenvalue weighted by atomic mass is 15.3. The molecule has 0 unspecified atom stereocenters. The SMILES string of the molecule is CN1CCC(CCNc2nc3ccccn3n2)CC1. The summed E-state index contributed by atoms with van der Waals surface area (Å²) in [4.78, 5) is 6.85. The molecule has 3 rings (SSSR count). The van der Waals surface area contributed by atoms with Gasteiger partial charge in [-0.25, -0.2) is 4.52 Å². The molecular weight excluding hydrogens is 238 g/mol. The molecule has 0 radical (unpaired) electrons. The van der Waals surface area contributed by atoms with Gasteiger partial charge in [-0.3, -0.25) is 0 Å². The lowest BCUT2D eigenvalue weighted by Gasteiger charge is -2.28. The van der Waals surface area contributed by atoms with Gasteiger partial charge in [0, 0.05) is 12.7 Å². The Bertz CT molecular complexity index is 494. The molecular formula is C14H21N5. The van der Waals surface area contributed by atoms with E-state index in [1.807, 2.05) is 24.4 Å². The molecule has 1 N–H and O–H groups in total. The summed E-state index contributed by atoms with van der Waals surface area (Å²) in [5.41, 5.74) is 0.893. The average molecular weight is 259 g/mol. The zero-order valence-corrected chi connectivity index (χ0v) is 11.4. The van der Waals surface area contributed by atoms with Crippen LogP contribution in [-0.4, -0.2) is 46.2 Å². The van der Waals surface area contributed by atoms with Crippen LogP contribution >= 0.6 is 0 Å². The third-order valence-corrected chi connectivity index (χ3v) is 3.92. The van der Waals surface area contributed by atoms with Crippen LogP contribution < -0.4 is 5.32 Å². The molecule has 0 bridgehead atoms. The summed E-state index contributed by atoms with van der Waals surface area (Å²) < 4.78 is 1.80. The average Bonchev–Trinajstić information content (AvgIpc) is 2.83. The van der Waals surface area contributed by atoms with Crippen LogP contribution in [0.5, 0.6) is 0 Å². The fourth-order valence-electron chi connectivity index (χ4n) is 2.65. The van der Waals surface area contributed by atoms with E-state index in [-0.39, 0.29) is 0 Å². The molecule has 2 aromatic rings. The molecule has 1 saturated heterocycles. The summed E-state index contributed by atoms with van der Waals surface area (Å²) in [6.07, 6.45) is 5.77. The maximum Gasteiger partial charge on any atom is 0.243 e. The molecule has 0 saturated carbocycles. The van der Waals surface area contributed by atoms with Gasteiger partial charge >= 0.3 is 0 Å². The Morgan fingerprint density at radius 2 is 2.16 bits per heavy atom. The number of aromatic nitrogens is 3. The third kappa shape index (κ3) is 3.04. The van der Waals surface area contributed by atoms with Crippen molar-refractivity contribution in [2.45, 2.75) is 19.3 Å². The van der Waals surface area contributed by atoms with Gasteiger partial charge in [-0.05, 0) is 57.5 Å². The molecule has 0 atom stereocenters. The molecule has 3 heterocycles. The number of pyridine rings is 1. The van der Waals surface area contributed by atoms with Crippen molar-refractivity contribution in [1.82, 2.24) is 19.5 Å². The Hall–Kier alpha value is -1.62. The molecule has 1 aliphatic rings. The van der Waals surface area contributed by atoms with Crippen molar-refractivity contribution < 1.29 is 0 Å². The number of nitrogens with one attached hydrogen (secondary N) is 1. The molecule has 2 aromatic heterocycles. The van der Waals surface area contributed by atoms with E-state index in [0.717, 1.165) is 24.1 Å². The van der Waals surface area contributed by atoms with E-state index in [2.05, 4.69) is 27.3 Å². The predicted molar refractivity (Wildman–Crippen MR) is 76.3 cm³/mol.